The number of alkyl carbamates (subject to hydrolysis) is 1. The van der Waals surface area contributed by atoms with Gasteiger partial charge in [0, 0.05) is 24.3 Å². The smallest absolute Gasteiger partial charge is 0.407 e. The lowest BCUT2D eigenvalue weighted by Crippen LogP contribution is -2.54. The lowest BCUT2D eigenvalue weighted by Gasteiger charge is -2.40. The van der Waals surface area contributed by atoms with Crippen LogP contribution in [-0.2, 0) is 17.6 Å². The molecule has 2 aliphatic rings. The molecular formula is C19H25F3N4O4. The number of aromatic nitrogens is 1. The summed E-state index contributed by atoms with van der Waals surface area (Å²) in [5.41, 5.74) is 0.387. The van der Waals surface area contributed by atoms with Gasteiger partial charge < -0.3 is 15.0 Å². The van der Waals surface area contributed by atoms with Gasteiger partial charge in [-0.05, 0) is 46.5 Å². The summed E-state index contributed by atoms with van der Waals surface area (Å²) in [5.74, 6) is -1.74. The molecule has 166 valence electrons. The second kappa shape index (κ2) is 7.92. The number of fused-ring (bicyclic) bond motifs is 1. The molecule has 3 rings (SSSR count). The Morgan fingerprint density at radius 2 is 2.00 bits per heavy atom. The first kappa shape index (κ1) is 22.1. The number of pyridine rings is 1. The molecular weight excluding hydrogens is 405 g/mol. The number of nitrogens with zero attached hydrogens (tertiary/aromatic N) is 3. The molecule has 1 fully saturated rings. The standard InChI is InChI=1S/C19H25F3N4O4/c1-18(2,3)30-17(27)24-12-7-11(19(20,21)22)9-25(10-12)16-13-5-4-6-14(13)23-8-15(16)26(28)29/h8,11-12H,4-7,9-10H2,1-3H3,(H,24,27)/t11-,12+/m0/s1. The number of hydrogen-bond donors (Lipinski definition) is 1. The normalized spacial score (nSPS) is 21.9. The highest BCUT2D eigenvalue weighted by atomic mass is 19.4. The summed E-state index contributed by atoms with van der Waals surface area (Å²) >= 11 is 0. The minimum atomic E-state index is -4.50. The van der Waals surface area contributed by atoms with Gasteiger partial charge in [0.1, 0.15) is 17.5 Å². The van der Waals surface area contributed by atoms with E-state index in [0.29, 0.717) is 24.1 Å². The molecule has 2 heterocycles. The second-order valence-corrected chi connectivity index (χ2v) is 8.75. The quantitative estimate of drug-likeness (QED) is 0.579. The Hall–Kier alpha value is -2.59. The molecule has 1 N–H and O–H groups in total. The fraction of sp³-hybridized carbons (Fsp3) is 0.684. The Morgan fingerprint density at radius 1 is 1.30 bits per heavy atom. The second-order valence-electron chi connectivity index (χ2n) is 8.75. The molecule has 0 unspecified atom stereocenters. The van der Waals surface area contributed by atoms with E-state index in [1.807, 2.05) is 0 Å². The van der Waals surface area contributed by atoms with E-state index < -0.39 is 41.3 Å². The molecule has 1 aliphatic carbocycles. The van der Waals surface area contributed by atoms with Crippen molar-refractivity contribution in [2.45, 2.75) is 64.3 Å². The molecule has 1 aromatic heterocycles. The van der Waals surface area contributed by atoms with Crippen LogP contribution in [0.3, 0.4) is 0 Å². The van der Waals surface area contributed by atoms with Crippen LogP contribution in [0.25, 0.3) is 0 Å². The summed E-state index contributed by atoms with van der Waals surface area (Å²) in [7, 11) is 0. The van der Waals surface area contributed by atoms with Gasteiger partial charge in [-0.3, -0.25) is 15.1 Å². The maximum atomic E-state index is 13.6. The average molecular weight is 430 g/mol. The number of nitro groups is 1. The highest BCUT2D eigenvalue weighted by molar-refractivity contribution is 5.71. The third-order valence-corrected chi connectivity index (χ3v) is 5.21. The van der Waals surface area contributed by atoms with Crippen LogP contribution in [0, 0.1) is 16.0 Å². The van der Waals surface area contributed by atoms with Gasteiger partial charge in [0.05, 0.1) is 16.9 Å². The Balaban J connectivity index is 1.93. The first-order valence-electron chi connectivity index (χ1n) is 9.81. The predicted octanol–water partition coefficient (Wildman–Crippen LogP) is 3.76. The van der Waals surface area contributed by atoms with E-state index in [1.54, 1.807) is 20.8 Å². The average Bonchev–Trinajstić information content (AvgIpc) is 3.06. The molecule has 1 aromatic rings. The topological polar surface area (TPSA) is 97.6 Å². The van der Waals surface area contributed by atoms with E-state index in [4.69, 9.17) is 4.74 Å². The number of halogens is 3. The summed E-state index contributed by atoms with van der Waals surface area (Å²) in [6.07, 6.45) is -2.62. The zero-order valence-electron chi connectivity index (χ0n) is 17.1. The Morgan fingerprint density at radius 3 is 2.60 bits per heavy atom. The molecule has 8 nitrogen and oxygen atoms in total. The lowest BCUT2D eigenvalue weighted by atomic mass is 9.92. The number of rotatable bonds is 3. The molecule has 30 heavy (non-hydrogen) atoms. The van der Waals surface area contributed by atoms with Crippen molar-refractivity contribution in [3.8, 4) is 0 Å². The maximum Gasteiger partial charge on any atom is 0.407 e. The number of piperidine rings is 1. The number of aryl methyl sites for hydroxylation is 1. The van der Waals surface area contributed by atoms with Crippen LogP contribution in [0.4, 0.5) is 29.3 Å². The minimum Gasteiger partial charge on any atom is -0.444 e. The van der Waals surface area contributed by atoms with Gasteiger partial charge in [-0.25, -0.2) is 4.79 Å². The highest BCUT2D eigenvalue weighted by Gasteiger charge is 2.46. The van der Waals surface area contributed by atoms with Crippen LogP contribution in [-0.4, -0.2) is 46.9 Å². The van der Waals surface area contributed by atoms with E-state index >= 15 is 0 Å². The maximum absolute atomic E-state index is 13.6. The van der Waals surface area contributed by atoms with Gasteiger partial charge in [-0.1, -0.05) is 0 Å². The number of amides is 1. The molecule has 0 spiro atoms. The number of hydrogen-bond acceptors (Lipinski definition) is 6. The number of alkyl halides is 3. The highest BCUT2D eigenvalue weighted by Crippen LogP contribution is 2.41. The molecule has 0 bridgehead atoms. The zero-order chi connectivity index (χ0) is 22.3. The van der Waals surface area contributed by atoms with Crippen LogP contribution < -0.4 is 10.2 Å². The number of anilines is 1. The van der Waals surface area contributed by atoms with Gasteiger partial charge in [-0.15, -0.1) is 0 Å². The summed E-state index contributed by atoms with van der Waals surface area (Å²) in [6, 6.07) is -0.870. The molecule has 0 aromatic carbocycles. The van der Waals surface area contributed by atoms with Crippen molar-refractivity contribution in [3.05, 3.63) is 27.6 Å². The van der Waals surface area contributed by atoms with Gasteiger partial charge in [0.15, 0.2) is 0 Å². The van der Waals surface area contributed by atoms with Gasteiger partial charge >= 0.3 is 18.0 Å². The monoisotopic (exact) mass is 430 g/mol. The number of nitrogens with one attached hydrogen (secondary N) is 1. The summed E-state index contributed by atoms with van der Waals surface area (Å²) in [4.78, 5) is 28.6. The van der Waals surface area contributed by atoms with E-state index in [-0.39, 0.29) is 24.3 Å². The summed E-state index contributed by atoms with van der Waals surface area (Å²) < 4.78 is 46.1. The number of carbonyl (C=O) groups excluding carboxylic acids is 1. The molecule has 1 amide bonds. The van der Waals surface area contributed by atoms with E-state index in [0.717, 1.165) is 12.6 Å². The first-order chi connectivity index (χ1) is 13.8. The van der Waals surface area contributed by atoms with Gasteiger partial charge in [0.25, 0.3) is 0 Å². The SMILES string of the molecule is CC(C)(C)OC(=O)N[C@@H]1C[C@H](C(F)(F)F)CN(c2c([N+](=O)[O-])cnc3c2CCC3)C1. The first-order valence-corrected chi connectivity index (χ1v) is 9.81. The minimum absolute atomic E-state index is 0.0170. The van der Waals surface area contributed by atoms with E-state index in [9.17, 15) is 28.1 Å². The third kappa shape index (κ3) is 4.93. The summed E-state index contributed by atoms with van der Waals surface area (Å²) in [6.45, 7) is 4.57. The molecule has 0 saturated carbocycles. The van der Waals surface area contributed by atoms with E-state index in [1.165, 1.54) is 4.90 Å². The Bertz CT molecular complexity index is 838. The number of carbonyl (C=O) groups is 1. The van der Waals surface area contributed by atoms with Crippen molar-refractivity contribution in [1.29, 1.82) is 0 Å². The zero-order valence-corrected chi connectivity index (χ0v) is 17.1. The molecule has 1 aliphatic heterocycles. The van der Waals surface area contributed by atoms with Crippen molar-refractivity contribution in [3.63, 3.8) is 0 Å². The molecule has 2 atom stereocenters. The fourth-order valence-corrected chi connectivity index (χ4v) is 4.06. The van der Waals surface area contributed by atoms with Crippen LogP contribution in [0.5, 0.6) is 0 Å². The van der Waals surface area contributed by atoms with Crippen molar-refractivity contribution >= 4 is 17.5 Å². The number of ether oxygens (including phenoxy) is 1. The van der Waals surface area contributed by atoms with Crippen LogP contribution in [0.1, 0.15) is 44.9 Å². The lowest BCUT2D eigenvalue weighted by molar-refractivity contribution is -0.384. The van der Waals surface area contributed by atoms with Crippen molar-refractivity contribution in [1.82, 2.24) is 10.3 Å². The molecule has 1 saturated heterocycles. The van der Waals surface area contributed by atoms with Crippen LogP contribution in [0.15, 0.2) is 6.20 Å². The molecule has 11 heteroatoms. The Kier molecular flexibility index (Phi) is 5.83. The predicted molar refractivity (Wildman–Crippen MR) is 102 cm³/mol. The van der Waals surface area contributed by atoms with E-state index in [2.05, 4.69) is 10.3 Å². The van der Waals surface area contributed by atoms with Crippen LogP contribution in [0.2, 0.25) is 0 Å². The van der Waals surface area contributed by atoms with Gasteiger partial charge in [-0.2, -0.15) is 13.2 Å². The summed E-state index contributed by atoms with van der Waals surface area (Å²) in [5, 5.41) is 14.1. The van der Waals surface area contributed by atoms with Crippen LogP contribution >= 0.6 is 0 Å². The van der Waals surface area contributed by atoms with Gasteiger partial charge in [0.2, 0.25) is 0 Å². The van der Waals surface area contributed by atoms with Crippen molar-refractivity contribution in [2.24, 2.45) is 5.92 Å². The fourth-order valence-electron chi connectivity index (χ4n) is 4.06. The molecule has 0 radical (unpaired) electrons. The largest absolute Gasteiger partial charge is 0.444 e. The van der Waals surface area contributed by atoms with Crippen molar-refractivity contribution in [2.75, 3.05) is 18.0 Å². The Labute approximate surface area is 171 Å². The van der Waals surface area contributed by atoms with Crippen molar-refractivity contribution < 1.29 is 27.6 Å². The third-order valence-electron chi connectivity index (χ3n) is 5.21.